The van der Waals surface area contributed by atoms with Gasteiger partial charge in [-0.25, -0.2) is 4.79 Å². The molecule has 2 heterocycles. The molecule has 1 aromatic heterocycles. The number of urea groups is 1. The van der Waals surface area contributed by atoms with Gasteiger partial charge in [0.1, 0.15) is 18.1 Å². The minimum absolute atomic E-state index is 0.000459. The molecular weight excluding hydrogens is 434 g/mol. The van der Waals surface area contributed by atoms with E-state index in [1.807, 2.05) is 51.1 Å². The quantitative estimate of drug-likeness (QED) is 0.611. The molecule has 0 spiro atoms. The third-order valence-corrected chi connectivity index (χ3v) is 6.43. The van der Waals surface area contributed by atoms with E-state index in [-0.39, 0.29) is 37.4 Å². The van der Waals surface area contributed by atoms with E-state index in [0.717, 1.165) is 37.0 Å². The van der Waals surface area contributed by atoms with Gasteiger partial charge in [-0.2, -0.15) is 0 Å². The molecule has 0 saturated heterocycles. The molecule has 8 nitrogen and oxygen atoms in total. The van der Waals surface area contributed by atoms with Gasteiger partial charge in [0.15, 0.2) is 11.5 Å². The second kappa shape index (κ2) is 10.8. The Kier molecular flexibility index (Phi) is 7.65. The van der Waals surface area contributed by atoms with Crippen LogP contribution in [0.2, 0.25) is 0 Å². The van der Waals surface area contributed by atoms with Gasteiger partial charge in [-0.15, -0.1) is 0 Å². The van der Waals surface area contributed by atoms with Crippen molar-refractivity contribution in [3.05, 3.63) is 47.4 Å². The van der Waals surface area contributed by atoms with Crippen LogP contribution in [0.3, 0.4) is 0 Å². The Morgan fingerprint density at radius 1 is 1.03 bits per heavy atom. The van der Waals surface area contributed by atoms with E-state index in [0.29, 0.717) is 30.3 Å². The molecule has 8 heteroatoms. The van der Waals surface area contributed by atoms with Gasteiger partial charge in [0, 0.05) is 18.6 Å². The van der Waals surface area contributed by atoms with Gasteiger partial charge in [0.2, 0.25) is 12.7 Å². The predicted octanol–water partition coefficient (Wildman–Crippen LogP) is 4.60. The number of benzene rings is 1. The summed E-state index contributed by atoms with van der Waals surface area (Å²) in [7, 11) is 0. The van der Waals surface area contributed by atoms with Gasteiger partial charge < -0.3 is 29.0 Å². The van der Waals surface area contributed by atoms with Crippen LogP contribution in [0.1, 0.15) is 63.0 Å². The van der Waals surface area contributed by atoms with Crippen molar-refractivity contribution in [1.82, 2.24) is 15.1 Å². The summed E-state index contributed by atoms with van der Waals surface area (Å²) in [6, 6.07) is 9.35. The molecule has 1 aromatic carbocycles. The summed E-state index contributed by atoms with van der Waals surface area (Å²) in [5.41, 5.74) is 0.920. The monoisotopic (exact) mass is 469 g/mol. The van der Waals surface area contributed by atoms with Gasteiger partial charge in [0.05, 0.1) is 6.54 Å². The van der Waals surface area contributed by atoms with Crippen molar-refractivity contribution in [2.45, 2.75) is 78.0 Å². The zero-order chi connectivity index (χ0) is 24.1. The lowest BCUT2D eigenvalue weighted by molar-refractivity contribution is -0.133. The summed E-state index contributed by atoms with van der Waals surface area (Å²) >= 11 is 0. The molecule has 0 unspecified atom stereocenters. The normalized spacial score (nSPS) is 15.4. The summed E-state index contributed by atoms with van der Waals surface area (Å²) in [4.78, 5) is 29.9. The first-order valence-corrected chi connectivity index (χ1v) is 12.2. The van der Waals surface area contributed by atoms with E-state index < -0.39 is 0 Å². The molecular formula is C26H35N3O5. The average Bonchev–Trinajstić information content (AvgIpc) is 3.45. The number of hydrogen-bond donors (Lipinski definition) is 1. The fourth-order valence-electron chi connectivity index (χ4n) is 4.49. The van der Waals surface area contributed by atoms with Gasteiger partial charge in [-0.1, -0.05) is 25.3 Å². The molecule has 34 heavy (non-hydrogen) atoms. The van der Waals surface area contributed by atoms with Gasteiger partial charge in [-0.05, 0) is 63.4 Å². The number of carbonyl (C=O) groups is 2. The zero-order valence-electron chi connectivity index (χ0n) is 20.3. The highest BCUT2D eigenvalue weighted by molar-refractivity contribution is 5.84. The lowest BCUT2D eigenvalue weighted by atomic mass is 9.96. The van der Waals surface area contributed by atoms with Crippen LogP contribution in [0.15, 0.2) is 34.7 Å². The fraction of sp³-hybridized carbons (Fsp3) is 0.538. The smallest absolute Gasteiger partial charge is 0.318 e. The minimum Gasteiger partial charge on any atom is -0.464 e. The van der Waals surface area contributed by atoms with E-state index >= 15 is 0 Å². The average molecular weight is 470 g/mol. The van der Waals surface area contributed by atoms with E-state index in [9.17, 15) is 9.59 Å². The molecule has 1 aliphatic carbocycles. The lowest BCUT2D eigenvalue weighted by Crippen LogP contribution is -2.51. The van der Waals surface area contributed by atoms with Gasteiger partial charge >= 0.3 is 6.03 Å². The molecule has 2 aromatic rings. The second-order valence-corrected chi connectivity index (χ2v) is 9.46. The molecule has 1 fully saturated rings. The number of hydrogen-bond acceptors (Lipinski definition) is 5. The maximum atomic E-state index is 13.5. The Balaban J connectivity index is 1.47. The van der Waals surface area contributed by atoms with Gasteiger partial charge in [0.25, 0.3) is 0 Å². The molecule has 1 aliphatic heterocycles. The highest BCUT2D eigenvalue weighted by Crippen LogP contribution is 2.33. The first-order chi connectivity index (χ1) is 16.4. The van der Waals surface area contributed by atoms with Crippen LogP contribution in [0.4, 0.5) is 4.79 Å². The highest BCUT2D eigenvalue weighted by atomic mass is 16.7. The number of carbonyl (C=O) groups excluding carboxylic acids is 2. The third-order valence-electron chi connectivity index (χ3n) is 6.43. The van der Waals surface area contributed by atoms with Crippen molar-refractivity contribution >= 4 is 11.9 Å². The topological polar surface area (TPSA) is 84.2 Å². The van der Waals surface area contributed by atoms with Crippen LogP contribution >= 0.6 is 0 Å². The summed E-state index contributed by atoms with van der Waals surface area (Å²) in [5.74, 6) is 2.73. The van der Waals surface area contributed by atoms with Crippen LogP contribution in [0.5, 0.6) is 11.5 Å². The van der Waals surface area contributed by atoms with Crippen molar-refractivity contribution in [2.75, 3.05) is 13.3 Å². The Morgan fingerprint density at radius 2 is 1.79 bits per heavy atom. The maximum Gasteiger partial charge on any atom is 0.318 e. The van der Waals surface area contributed by atoms with E-state index in [1.165, 1.54) is 6.42 Å². The first kappa shape index (κ1) is 24.0. The number of ether oxygens (including phenoxy) is 2. The van der Waals surface area contributed by atoms with Crippen molar-refractivity contribution in [2.24, 2.45) is 0 Å². The number of fused-ring (bicyclic) bond motifs is 1. The number of amides is 3. The van der Waals surface area contributed by atoms with Crippen LogP contribution < -0.4 is 14.8 Å². The molecule has 1 N–H and O–H groups in total. The fourth-order valence-corrected chi connectivity index (χ4v) is 4.49. The Morgan fingerprint density at radius 3 is 2.50 bits per heavy atom. The van der Waals surface area contributed by atoms with Crippen molar-refractivity contribution < 1.29 is 23.5 Å². The molecule has 0 radical (unpaired) electrons. The predicted molar refractivity (Wildman–Crippen MR) is 128 cm³/mol. The molecule has 4 rings (SSSR count). The standard InChI is InChI=1S/C26H35N3O5/c1-18(2)29(26(31)27-21-7-5-4-6-8-21)16-25(30)28(15-22-11-9-19(3)34-22)14-20-10-12-23-24(13-20)33-17-32-23/h9-13,18,21H,4-8,14-17H2,1-3H3,(H,27,31). The molecule has 0 atom stereocenters. The summed E-state index contributed by atoms with van der Waals surface area (Å²) < 4.78 is 16.6. The van der Waals surface area contributed by atoms with Crippen molar-refractivity contribution in [1.29, 1.82) is 0 Å². The van der Waals surface area contributed by atoms with Crippen LogP contribution in [-0.2, 0) is 17.9 Å². The van der Waals surface area contributed by atoms with E-state index in [4.69, 9.17) is 13.9 Å². The summed E-state index contributed by atoms with van der Waals surface area (Å²) in [5, 5.41) is 3.14. The minimum atomic E-state index is -0.174. The first-order valence-electron chi connectivity index (χ1n) is 12.2. The van der Waals surface area contributed by atoms with Crippen LogP contribution in [-0.4, -0.2) is 47.2 Å². The summed E-state index contributed by atoms with van der Waals surface area (Å²) in [6.45, 7) is 6.64. The number of nitrogens with zero attached hydrogens (tertiary/aromatic N) is 2. The van der Waals surface area contributed by atoms with E-state index in [2.05, 4.69) is 5.32 Å². The Labute approximate surface area is 201 Å². The molecule has 1 saturated carbocycles. The second-order valence-electron chi connectivity index (χ2n) is 9.46. The van der Waals surface area contributed by atoms with Crippen LogP contribution in [0.25, 0.3) is 0 Å². The maximum absolute atomic E-state index is 13.5. The molecule has 3 amide bonds. The number of furan rings is 1. The highest BCUT2D eigenvalue weighted by Gasteiger charge is 2.27. The number of nitrogens with one attached hydrogen (secondary N) is 1. The SMILES string of the molecule is Cc1ccc(CN(Cc2ccc3c(c2)OCO3)C(=O)CN(C(=O)NC2CCCCC2)C(C)C)o1. The zero-order valence-corrected chi connectivity index (χ0v) is 20.3. The van der Waals surface area contributed by atoms with Crippen molar-refractivity contribution in [3.8, 4) is 11.5 Å². The van der Waals surface area contributed by atoms with E-state index in [1.54, 1.807) is 9.80 Å². The summed E-state index contributed by atoms with van der Waals surface area (Å²) in [6.07, 6.45) is 5.49. The Bertz CT molecular complexity index is 996. The lowest BCUT2D eigenvalue weighted by Gasteiger charge is -2.32. The van der Waals surface area contributed by atoms with Gasteiger partial charge in [-0.3, -0.25) is 4.79 Å². The molecule has 2 aliphatic rings. The van der Waals surface area contributed by atoms with Crippen molar-refractivity contribution in [3.63, 3.8) is 0 Å². The van der Waals surface area contributed by atoms with Crippen LogP contribution in [0, 0.1) is 6.92 Å². The molecule has 0 bridgehead atoms. The number of aryl methyl sites for hydroxylation is 1. The number of rotatable bonds is 8. The molecule has 184 valence electrons. The largest absolute Gasteiger partial charge is 0.464 e. The third kappa shape index (κ3) is 6.04. The Hall–Kier alpha value is -3.16.